The van der Waals surface area contributed by atoms with Crippen molar-refractivity contribution >= 4 is 0 Å². The van der Waals surface area contributed by atoms with Crippen molar-refractivity contribution in [1.29, 1.82) is 0 Å². The third-order valence-corrected chi connectivity index (χ3v) is 3.45. The van der Waals surface area contributed by atoms with Crippen LogP contribution in [0.2, 0.25) is 0 Å². The Kier molecular flexibility index (Phi) is 5.73. The predicted octanol–water partition coefficient (Wildman–Crippen LogP) is 3.11. The van der Waals surface area contributed by atoms with E-state index >= 15 is 0 Å². The minimum Gasteiger partial charge on any atom is -0.380 e. The fourth-order valence-corrected chi connectivity index (χ4v) is 2.57. The molecule has 0 heterocycles. The Bertz CT molecular complexity index is 220. The van der Waals surface area contributed by atoms with E-state index in [1.807, 2.05) is 6.92 Å². The van der Waals surface area contributed by atoms with E-state index < -0.39 is 24.1 Å². The molecular formula is C12H22F3NO. The van der Waals surface area contributed by atoms with Crippen molar-refractivity contribution in [2.24, 2.45) is 17.6 Å². The summed E-state index contributed by atoms with van der Waals surface area (Å²) in [5.41, 5.74) is 5.85. The van der Waals surface area contributed by atoms with Crippen LogP contribution in [0.1, 0.15) is 39.0 Å². The lowest BCUT2D eigenvalue weighted by molar-refractivity contribution is -0.199. The van der Waals surface area contributed by atoms with E-state index in [0.717, 1.165) is 12.8 Å². The summed E-state index contributed by atoms with van der Waals surface area (Å²) in [7, 11) is 0. The van der Waals surface area contributed by atoms with Gasteiger partial charge in [0.05, 0.1) is 12.5 Å². The second-order valence-corrected chi connectivity index (χ2v) is 4.84. The highest BCUT2D eigenvalue weighted by Crippen LogP contribution is 2.42. The van der Waals surface area contributed by atoms with Crippen molar-refractivity contribution in [3.8, 4) is 0 Å². The molecule has 0 radical (unpaired) electrons. The average molecular weight is 253 g/mol. The molecule has 102 valence electrons. The van der Waals surface area contributed by atoms with Gasteiger partial charge >= 0.3 is 6.18 Å². The molecule has 1 saturated carbocycles. The van der Waals surface area contributed by atoms with Crippen LogP contribution >= 0.6 is 0 Å². The molecule has 0 aromatic heterocycles. The van der Waals surface area contributed by atoms with Crippen LogP contribution in [0.15, 0.2) is 0 Å². The van der Waals surface area contributed by atoms with E-state index in [4.69, 9.17) is 10.5 Å². The summed E-state index contributed by atoms with van der Waals surface area (Å²) >= 11 is 0. The first-order chi connectivity index (χ1) is 7.96. The van der Waals surface area contributed by atoms with Gasteiger partial charge in [0.15, 0.2) is 0 Å². The van der Waals surface area contributed by atoms with Gasteiger partial charge in [-0.05, 0) is 25.2 Å². The second kappa shape index (κ2) is 6.59. The summed E-state index contributed by atoms with van der Waals surface area (Å²) in [6, 6.07) is -0.492. The van der Waals surface area contributed by atoms with Crippen LogP contribution in [-0.4, -0.2) is 25.4 Å². The number of nitrogens with two attached hydrogens (primary N) is 1. The Morgan fingerprint density at radius 1 is 1.29 bits per heavy atom. The maximum Gasteiger partial charge on any atom is 0.392 e. The van der Waals surface area contributed by atoms with Gasteiger partial charge in [-0.2, -0.15) is 13.2 Å². The topological polar surface area (TPSA) is 35.2 Å². The quantitative estimate of drug-likeness (QED) is 0.764. The van der Waals surface area contributed by atoms with Crippen molar-refractivity contribution in [2.45, 2.75) is 51.2 Å². The molecule has 2 N–H and O–H groups in total. The fourth-order valence-electron chi connectivity index (χ4n) is 2.57. The first-order valence-electron chi connectivity index (χ1n) is 6.36. The Morgan fingerprint density at radius 2 is 1.94 bits per heavy atom. The highest BCUT2D eigenvalue weighted by atomic mass is 19.4. The highest BCUT2D eigenvalue weighted by molar-refractivity contribution is 4.86. The van der Waals surface area contributed by atoms with E-state index in [2.05, 4.69) is 0 Å². The van der Waals surface area contributed by atoms with E-state index in [0.29, 0.717) is 19.4 Å². The van der Waals surface area contributed by atoms with Crippen LogP contribution in [-0.2, 0) is 4.74 Å². The summed E-state index contributed by atoms with van der Waals surface area (Å²) in [6.45, 7) is 2.77. The zero-order valence-corrected chi connectivity index (χ0v) is 10.3. The number of alkyl halides is 3. The maximum atomic E-state index is 12.8. The van der Waals surface area contributed by atoms with E-state index in [1.54, 1.807) is 0 Å². The number of halogens is 3. The minimum atomic E-state index is -4.12. The first-order valence-corrected chi connectivity index (χ1v) is 6.36. The molecule has 0 aromatic rings. The standard InChI is InChI=1S/C12H22F3NO/c1-2-7-17-8-11(16)9-5-3-4-6-10(9)12(13,14)15/h9-11H,2-8,16H2,1H3. The van der Waals surface area contributed by atoms with Crippen LogP contribution in [0, 0.1) is 11.8 Å². The van der Waals surface area contributed by atoms with Crippen molar-refractivity contribution < 1.29 is 17.9 Å². The third-order valence-electron chi connectivity index (χ3n) is 3.45. The molecular weight excluding hydrogens is 231 g/mol. The van der Waals surface area contributed by atoms with Gasteiger partial charge in [0.2, 0.25) is 0 Å². The van der Waals surface area contributed by atoms with Crippen molar-refractivity contribution in [1.82, 2.24) is 0 Å². The number of hydrogen-bond donors (Lipinski definition) is 1. The van der Waals surface area contributed by atoms with Gasteiger partial charge in [-0.1, -0.05) is 19.8 Å². The smallest absolute Gasteiger partial charge is 0.380 e. The number of hydrogen-bond acceptors (Lipinski definition) is 2. The summed E-state index contributed by atoms with van der Waals surface area (Å²) in [6.07, 6.45) is -0.966. The van der Waals surface area contributed by atoms with Crippen molar-refractivity contribution in [3.63, 3.8) is 0 Å². The second-order valence-electron chi connectivity index (χ2n) is 4.84. The lowest BCUT2D eigenvalue weighted by Crippen LogP contribution is -2.45. The number of rotatable bonds is 5. The summed E-state index contributed by atoms with van der Waals surface area (Å²) in [4.78, 5) is 0. The Labute approximate surface area is 101 Å². The molecule has 0 spiro atoms. The molecule has 2 nitrogen and oxygen atoms in total. The van der Waals surface area contributed by atoms with Crippen LogP contribution in [0.25, 0.3) is 0 Å². The molecule has 1 aliphatic rings. The number of ether oxygens (including phenoxy) is 1. The van der Waals surface area contributed by atoms with Crippen LogP contribution in [0.4, 0.5) is 13.2 Å². The van der Waals surface area contributed by atoms with Gasteiger partial charge in [0.1, 0.15) is 0 Å². The fraction of sp³-hybridized carbons (Fsp3) is 1.00. The van der Waals surface area contributed by atoms with E-state index in [9.17, 15) is 13.2 Å². The molecule has 1 rings (SSSR count). The van der Waals surface area contributed by atoms with E-state index in [-0.39, 0.29) is 13.0 Å². The lowest BCUT2D eigenvalue weighted by atomic mass is 9.75. The zero-order valence-electron chi connectivity index (χ0n) is 10.3. The lowest BCUT2D eigenvalue weighted by Gasteiger charge is -2.36. The third kappa shape index (κ3) is 4.47. The van der Waals surface area contributed by atoms with Crippen LogP contribution in [0.5, 0.6) is 0 Å². The maximum absolute atomic E-state index is 12.8. The molecule has 3 unspecified atom stereocenters. The van der Waals surface area contributed by atoms with Gasteiger partial charge in [-0.15, -0.1) is 0 Å². The molecule has 1 fully saturated rings. The van der Waals surface area contributed by atoms with Crippen molar-refractivity contribution in [2.75, 3.05) is 13.2 Å². The van der Waals surface area contributed by atoms with Gasteiger partial charge < -0.3 is 10.5 Å². The zero-order chi connectivity index (χ0) is 12.9. The Morgan fingerprint density at radius 3 is 2.53 bits per heavy atom. The SMILES string of the molecule is CCCOCC(N)C1CCCCC1C(F)(F)F. The van der Waals surface area contributed by atoms with Crippen LogP contribution in [0.3, 0.4) is 0 Å². The summed E-state index contributed by atoms with van der Waals surface area (Å²) in [5, 5.41) is 0. The van der Waals surface area contributed by atoms with Gasteiger partial charge in [0, 0.05) is 12.6 Å². The molecule has 0 aromatic carbocycles. The average Bonchev–Trinajstić information content (AvgIpc) is 2.28. The van der Waals surface area contributed by atoms with Crippen LogP contribution < -0.4 is 5.73 Å². The van der Waals surface area contributed by atoms with Gasteiger partial charge in [-0.25, -0.2) is 0 Å². The first kappa shape index (κ1) is 14.8. The molecule has 17 heavy (non-hydrogen) atoms. The summed E-state index contributed by atoms with van der Waals surface area (Å²) < 4.78 is 43.8. The Hall–Kier alpha value is -0.290. The molecule has 0 bridgehead atoms. The van der Waals surface area contributed by atoms with Crippen molar-refractivity contribution in [3.05, 3.63) is 0 Å². The normalized spacial score (nSPS) is 28.1. The monoisotopic (exact) mass is 253 g/mol. The molecule has 0 amide bonds. The molecule has 3 atom stereocenters. The predicted molar refractivity (Wildman–Crippen MR) is 60.6 cm³/mol. The van der Waals surface area contributed by atoms with E-state index in [1.165, 1.54) is 0 Å². The Balaban J connectivity index is 2.52. The molecule has 0 saturated heterocycles. The van der Waals surface area contributed by atoms with Gasteiger partial charge in [-0.3, -0.25) is 0 Å². The molecule has 5 heteroatoms. The minimum absolute atomic E-state index is 0.218. The molecule has 1 aliphatic carbocycles. The summed E-state index contributed by atoms with van der Waals surface area (Å²) in [5.74, 6) is -1.71. The van der Waals surface area contributed by atoms with Gasteiger partial charge in [0.25, 0.3) is 0 Å². The largest absolute Gasteiger partial charge is 0.392 e. The molecule has 0 aliphatic heterocycles. The highest BCUT2D eigenvalue weighted by Gasteiger charge is 2.47.